The Hall–Kier alpha value is -1.78. The molecule has 0 unspecified atom stereocenters. The van der Waals surface area contributed by atoms with Crippen LogP contribution >= 0.6 is 23.4 Å². The van der Waals surface area contributed by atoms with Crippen molar-refractivity contribution in [2.45, 2.75) is 5.75 Å². The van der Waals surface area contributed by atoms with Gasteiger partial charge in [0.1, 0.15) is 0 Å². The molecule has 21 heavy (non-hydrogen) atoms. The van der Waals surface area contributed by atoms with E-state index in [9.17, 15) is 9.59 Å². The van der Waals surface area contributed by atoms with Crippen LogP contribution in [-0.2, 0) is 10.5 Å². The molecule has 0 heterocycles. The van der Waals surface area contributed by atoms with Gasteiger partial charge in [-0.3, -0.25) is 14.9 Å². The van der Waals surface area contributed by atoms with E-state index in [4.69, 9.17) is 11.6 Å². The van der Waals surface area contributed by atoms with Crippen molar-refractivity contribution in [2.75, 3.05) is 5.75 Å². The summed E-state index contributed by atoms with van der Waals surface area (Å²) in [6.45, 7) is 0. The van der Waals surface area contributed by atoms with Crippen LogP contribution in [0.5, 0.6) is 0 Å². The Labute approximate surface area is 132 Å². The number of thioether (sulfide) groups is 1. The number of carbonyl (C=O) groups excluding carboxylic acids is 2. The summed E-state index contributed by atoms with van der Waals surface area (Å²) in [6.07, 6.45) is 0. The maximum atomic E-state index is 11.8. The molecule has 0 fully saturated rings. The molecule has 0 radical (unpaired) electrons. The number of carbonyl (C=O) groups is 2. The number of hydrogen-bond acceptors (Lipinski definition) is 3. The first-order valence-corrected chi connectivity index (χ1v) is 7.90. The molecule has 0 saturated heterocycles. The molecule has 0 aromatic heterocycles. The van der Waals surface area contributed by atoms with E-state index in [-0.39, 0.29) is 17.6 Å². The van der Waals surface area contributed by atoms with Gasteiger partial charge in [-0.2, -0.15) is 0 Å². The minimum absolute atomic E-state index is 0.237. The second-order valence-electron chi connectivity index (χ2n) is 4.36. The van der Waals surface area contributed by atoms with E-state index < -0.39 is 0 Å². The topological polar surface area (TPSA) is 46.2 Å². The molecule has 0 aliphatic rings. The van der Waals surface area contributed by atoms with Gasteiger partial charge in [0.15, 0.2) is 0 Å². The van der Waals surface area contributed by atoms with E-state index in [0.717, 1.165) is 5.56 Å². The van der Waals surface area contributed by atoms with Crippen LogP contribution in [0.15, 0.2) is 54.6 Å². The third-order valence-corrected chi connectivity index (χ3v) is 3.96. The number of hydrogen-bond donors (Lipinski definition) is 1. The Balaban J connectivity index is 1.75. The van der Waals surface area contributed by atoms with Crippen LogP contribution < -0.4 is 5.32 Å². The summed E-state index contributed by atoms with van der Waals surface area (Å²) in [5, 5.41) is 3.06. The summed E-state index contributed by atoms with van der Waals surface area (Å²) in [7, 11) is 0. The summed E-state index contributed by atoms with van der Waals surface area (Å²) in [5.41, 5.74) is 1.57. The Morgan fingerprint density at radius 1 is 1.00 bits per heavy atom. The van der Waals surface area contributed by atoms with E-state index in [0.29, 0.717) is 16.3 Å². The summed E-state index contributed by atoms with van der Waals surface area (Å²) in [4.78, 5) is 23.5. The molecule has 2 amide bonds. The zero-order valence-electron chi connectivity index (χ0n) is 11.2. The lowest BCUT2D eigenvalue weighted by Gasteiger charge is -2.04. The molecular formula is C16H14ClNO2S. The molecule has 108 valence electrons. The highest BCUT2D eigenvalue weighted by Gasteiger charge is 2.09. The summed E-state index contributed by atoms with van der Waals surface area (Å²) in [5.74, 6) is 0.279. The maximum Gasteiger partial charge on any atom is 0.257 e. The lowest BCUT2D eigenvalue weighted by molar-refractivity contribution is -0.117. The molecule has 2 rings (SSSR count). The van der Waals surface area contributed by atoms with Crippen LogP contribution in [0.2, 0.25) is 5.02 Å². The first kappa shape index (κ1) is 15.6. The fraction of sp³-hybridized carbons (Fsp3) is 0.125. The number of benzene rings is 2. The Bertz CT molecular complexity index is 614. The second kappa shape index (κ2) is 7.86. The van der Waals surface area contributed by atoms with Gasteiger partial charge in [0.25, 0.3) is 5.91 Å². The van der Waals surface area contributed by atoms with E-state index in [1.165, 1.54) is 11.8 Å². The predicted molar refractivity (Wildman–Crippen MR) is 86.5 cm³/mol. The van der Waals surface area contributed by atoms with Crippen molar-refractivity contribution in [3.63, 3.8) is 0 Å². The van der Waals surface area contributed by atoms with Crippen molar-refractivity contribution in [3.8, 4) is 0 Å². The van der Waals surface area contributed by atoms with Crippen molar-refractivity contribution in [3.05, 3.63) is 70.7 Å². The van der Waals surface area contributed by atoms with Gasteiger partial charge in [-0.1, -0.05) is 41.9 Å². The van der Waals surface area contributed by atoms with Crippen LogP contribution in [-0.4, -0.2) is 17.6 Å². The Kier molecular flexibility index (Phi) is 5.84. The lowest BCUT2D eigenvalue weighted by atomic mass is 10.2. The highest BCUT2D eigenvalue weighted by atomic mass is 35.5. The van der Waals surface area contributed by atoms with Gasteiger partial charge >= 0.3 is 0 Å². The average Bonchev–Trinajstić information content (AvgIpc) is 2.50. The van der Waals surface area contributed by atoms with Crippen molar-refractivity contribution in [1.82, 2.24) is 5.32 Å². The van der Waals surface area contributed by atoms with Crippen molar-refractivity contribution < 1.29 is 9.59 Å². The number of rotatable bonds is 5. The number of amides is 2. The van der Waals surface area contributed by atoms with Gasteiger partial charge in [-0.25, -0.2) is 0 Å². The minimum atomic E-state index is -0.368. The summed E-state index contributed by atoms with van der Waals surface area (Å²) < 4.78 is 0. The predicted octanol–water partition coefficient (Wildman–Crippen LogP) is 3.53. The van der Waals surface area contributed by atoms with Gasteiger partial charge < -0.3 is 0 Å². The fourth-order valence-electron chi connectivity index (χ4n) is 1.67. The highest BCUT2D eigenvalue weighted by molar-refractivity contribution is 7.99. The summed E-state index contributed by atoms with van der Waals surface area (Å²) in [6, 6.07) is 16.1. The molecule has 0 bridgehead atoms. The maximum absolute atomic E-state index is 11.8. The zero-order valence-corrected chi connectivity index (χ0v) is 12.8. The van der Waals surface area contributed by atoms with Gasteiger partial charge in [-0.15, -0.1) is 11.8 Å². The lowest BCUT2D eigenvalue weighted by Crippen LogP contribution is -2.31. The van der Waals surface area contributed by atoms with Crippen molar-refractivity contribution >= 4 is 35.2 Å². The quantitative estimate of drug-likeness (QED) is 0.917. The average molecular weight is 320 g/mol. The monoisotopic (exact) mass is 319 g/mol. The zero-order chi connectivity index (χ0) is 15.1. The minimum Gasteiger partial charge on any atom is -0.292 e. The Morgan fingerprint density at radius 2 is 1.67 bits per heavy atom. The smallest absolute Gasteiger partial charge is 0.257 e. The van der Waals surface area contributed by atoms with Gasteiger partial charge in [0, 0.05) is 16.3 Å². The molecule has 0 saturated carbocycles. The number of halogens is 1. The third-order valence-electron chi connectivity index (χ3n) is 2.70. The molecule has 0 aliphatic carbocycles. The first-order valence-electron chi connectivity index (χ1n) is 6.36. The van der Waals surface area contributed by atoms with Crippen LogP contribution in [0, 0.1) is 0 Å². The highest BCUT2D eigenvalue weighted by Crippen LogP contribution is 2.15. The fourth-order valence-corrected chi connectivity index (χ4v) is 2.58. The molecule has 2 aromatic carbocycles. The van der Waals surface area contributed by atoms with E-state index in [2.05, 4.69) is 5.32 Å². The van der Waals surface area contributed by atoms with Crippen LogP contribution in [0.1, 0.15) is 15.9 Å². The van der Waals surface area contributed by atoms with E-state index in [1.54, 1.807) is 24.3 Å². The molecule has 5 heteroatoms. The van der Waals surface area contributed by atoms with Crippen molar-refractivity contribution in [2.24, 2.45) is 0 Å². The van der Waals surface area contributed by atoms with Gasteiger partial charge in [-0.05, 0) is 29.8 Å². The Morgan fingerprint density at radius 3 is 2.33 bits per heavy atom. The first-order chi connectivity index (χ1) is 10.1. The van der Waals surface area contributed by atoms with E-state index >= 15 is 0 Å². The van der Waals surface area contributed by atoms with Crippen LogP contribution in [0.3, 0.4) is 0 Å². The van der Waals surface area contributed by atoms with Gasteiger partial charge in [0.2, 0.25) is 5.91 Å². The molecule has 1 N–H and O–H groups in total. The largest absolute Gasteiger partial charge is 0.292 e. The molecule has 2 aromatic rings. The standard InChI is InChI=1S/C16H14ClNO2S/c17-14-8-6-12(7-9-14)10-21-11-15(19)18-16(20)13-4-2-1-3-5-13/h1-9H,10-11H2,(H,18,19,20). The van der Waals surface area contributed by atoms with Gasteiger partial charge in [0.05, 0.1) is 5.75 Å². The SMILES string of the molecule is O=C(CSCc1ccc(Cl)cc1)NC(=O)c1ccccc1. The van der Waals surface area contributed by atoms with Crippen LogP contribution in [0.25, 0.3) is 0 Å². The molecule has 0 aliphatic heterocycles. The summed E-state index contributed by atoms with van der Waals surface area (Å²) >= 11 is 7.25. The normalized spacial score (nSPS) is 10.1. The molecular weight excluding hydrogens is 306 g/mol. The molecule has 0 spiro atoms. The number of imide groups is 1. The number of nitrogens with one attached hydrogen (secondary N) is 1. The second-order valence-corrected chi connectivity index (χ2v) is 5.78. The molecule has 3 nitrogen and oxygen atoms in total. The van der Waals surface area contributed by atoms with Crippen LogP contribution in [0.4, 0.5) is 0 Å². The molecule has 0 atom stereocenters. The van der Waals surface area contributed by atoms with E-state index in [1.807, 2.05) is 30.3 Å². The van der Waals surface area contributed by atoms with Crippen molar-refractivity contribution in [1.29, 1.82) is 0 Å². The third kappa shape index (κ3) is 5.25.